The molecule has 7 heteroatoms. The van der Waals surface area contributed by atoms with E-state index >= 15 is 0 Å². The van der Waals surface area contributed by atoms with E-state index in [1.54, 1.807) is 18.2 Å². The fraction of sp³-hybridized carbons (Fsp3) is 0. The van der Waals surface area contributed by atoms with Gasteiger partial charge in [-0.3, -0.25) is 4.72 Å². The summed E-state index contributed by atoms with van der Waals surface area (Å²) in [5.74, 6) is 0.240. The van der Waals surface area contributed by atoms with Crippen molar-refractivity contribution in [2.24, 2.45) is 0 Å². The van der Waals surface area contributed by atoms with Crippen molar-refractivity contribution in [3.63, 3.8) is 0 Å². The maximum absolute atomic E-state index is 11.7. The average molecular weight is 241 g/mol. The van der Waals surface area contributed by atoms with Gasteiger partial charge in [0.1, 0.15) is 0 Å². The second-order valence-electron chi connectivity index (χ2n) is 2.71. The van der Waals surface area contributed by atoms with Crippen LogP contribution < -0.4 is 4.72 Å². The van der Waals surface area contributed by atoms with Crippen LogP contribution in [0.1, 0.15) is 0 Å². The highest BCUT2D eigenvalue weighted by Crippen LogP contribution is 2.13. The molecule has 0 aliphatic carbocycles. The maximum Gasteiger partial charge on any atom is 0.263 e. The molecule has 1 heterocycles. The molecule has 0 spiro atoms. The van der Waals surface area contributed by atoms with Gasteiger partial charge in [0.15, 0.2) is 5.82 Å². The summed E-state index contributed by atoms with van der Waals surface area (Å²) in [4.78, 5) is 0.206. The number of aromatic nitrogens is 2. The van der Waals surface area contributed by atoms with Crippen LogP contribution in [0.15, 0.2) is 41.4 Å². The molecule has 2 rings (SSSR count). The fourth-order valence-corrected chi connectivity index (χ4v) is 2.45. The molecule has 0 radical (unpaired) electrons. The number of nitrogens with one attached hydrogen (secondary N) is 1. The monoisotopic (exact) mass is 241 g/mol. The van der Waals surface area contributed by atoms with E-state index in [0.717, 1.165) is 11.7 Å². The van der Waals surface area contributed by atoms with Crippen molar-refractivity contribution in [1.29, 1.82) is 0 Å². The number of rotatable bonds is 3. The van der Waals surface area contributed by atoms with Crippen LogP contribution in [-0.2, 0) is 10.0 Å². The Balaban J connectivity index is 2.29. The first-order valence-electron chi connectivity index (χ1n) is 4.04. The summed E-state index contributed by atoms with van der Waals surface area (Å²) < 4.78 is 33.2. The zero-order chi connectivity index (χ0) is 10.7. The number of sulfonamides is 1. The predicted octanol–water partition coefficient (Wildman–Crippen LogP) is 1.34. The van der Waals surface area contributed by atoms with Gasteiger partial charge in [0.05, 0.1) is 22.8 Å². The van der Waals surface area contributed by atoms with E-state index in [4.69, 9.17) is 0 Å². The van der Waals surface area contributed by atoms with Crippen LogP contribution in [0, 0.1) is 0 Å². The van der Waals surface area contributed by atoms with E-state index in [2.05, 4.69) is 13.5 Å². The van der Waals surface area contributed by atoms with Crippen molar-refractivity contribution in [2.45, 2.75) is 4.90 Å². The Labute approximate surface area is 91.2 Å². The molecule has 0 amide bonds. The highest BCUT2D eigenvalue weighted by molar-refractivity contribution is 7.92. The zero-order valence-electron chi connectivity index (χ0n) is 7.49. The molecule has 1 aromatic heterocycles. The molecule has 15 heavy (non-hydrogen) atoms. The first-order valence-corrected chi connectivity index (χ1v) is 6.25. The van der Waals surface area contributed by atoms with Gasteiger partial charge in [0.25, 0.3) is 10.0 Å². The lowest BCUT2D eigenvalue weighted by atomic mass is 10.4. The summed E-state index contributed by atoms with van der Waals surface area (Å²) in [5, 5.41) is 0. The molecule has 0 aliphatic rings. The lowest BCUT2D eigenvalue weighted by molar-refractivity contribution is 0.601. The number of benzene rings is 1. The van der Waals surface area contributed by atoms with Crippen molar-refractivity contribution in [2.75, 3.05) is 4.72 Å². The SMILES string of the molecule is O=S(=O)(Nc1cnsn1)c1ccccc1. The Bertz CT molecular complexity index is 522. The molecule has 0 saturated carbocycles. The second kappa shape index (κ2) is 3.95. The molecule has 5 nitrogen and oxygen atoms in total. The standard InChI is InChI=1S/C8H7N3O2S2/c12-15(13,7-4-2-1-3-5-7)11-8-6-9-14-10-8/h1-6H,(H,10,11). The van der Waals surface area contributed by atoms with Gasteiger partial charge in [-0.2, -0.15) is 8.75 Å². The van der Waals surface area contributed by atoms with E-state index in [0.29, 0.717) is 0 Å². The van der Waals surface area contributed by atoms with Gasteiger partial charge in [-0.15, -0.1) is 0 Å². The number of hydrogen-bond donors (Lipinski definition) is 1. The number of nitrogens with zero attached hydrogens (tertiary/aromatic N) is 2. The second-order valence-corrected chi connectivity index (χ2v) is 4.95. The van der Waals surface area contributed by atoms with Gasteiger partial charge in [-0.05, 0) is 12.1 Å². The highest BCUT2D eigenvalue weighted by atomic mass is 32.2. The van der Waals surface area contributed by atoms with Crippen LogP contribution in [0.2, 0.25) is 0 Å². The first kappa shape index (κ1) is 10.1. The quantitative estimate of drug-likeness (QED) is 0.880. The molecule has 2 aromatic rings. The molecule has 0 unspecified atom stereocenters. The average Bonchev–Trinajstić information content (AvgIpc) is 2.71. The fourth-order valence-electron chi connectivity index (χ4n) is 1.01. The van der Waals surface area contributed by atoms with Gasteiger partial charge in [-0.1, -0.05) is 18.2 Å². The molecule has 1 aromatic carbocycles. The van der Waals surface area contributed by atoms with Gasteiger partial charge in [0.2, 0.25) is 0 Å². The summed E-state index contributed by atoms with van der Waals surface area (Å²) in [6.45, 7) is 0. The van der Waals surface area contributed by atoms with Crippen LogP contribution in [0.3, 0.4) is 0 Å². The van der Waals surface area contributed by atoms with Crippen molar-refractivity contribution in [3.8, 4) is 0 Å². The molecular formula is C8H7N3O2S2. The van der Waals surface area contributed by atoms with Crippen molar-refractivity contribution >= 4 is 27.6 Å². The maximum atomic E-state index is 11.7. The molecule has 1 N–H and O–H groups in total. The third kappa shape index (κ3) is 2.31. The first-order chi connectivity index (χ1) is 7.18. The Morgan fingerprint density at radius 3 is 2.53 bits per heavy atom. The predicted molar refractivity (Wildman–Crippen MR) is 57.2 cm³/mol. The van der Waals surface area contributed by atoms with E-state index in [1.807, 2.05) is 0 Å². The number of hydrogen-bond acceptors (Lipinski definition) is 5. The number of anilines is 1. The molecule has 0 aliphatic heterocycles. The van der Waals surface area contributed by atoms with Gasteiger partial charge < -0.3 is 0 Å². The topological polar surface area (TPSA) is 72.0 Å². The Kier molecular flexibility index (Phi) is 2.65. The summed E-state index contributed by atoms with van der Waals surface area (Å²) in [7, 11) is -3.53. The van der Waals surface area contributed by atoms with E-state index in [-0.39, 0.29) is 10.7 Å². The van der Waals surface area contributed by atoms with Crippen LogP contribution in [-0.4, -0.2) is 17.2 Å². The molecule has 0 saturated heterocycles. The summed E-state index contributed by atoms with van der Waals surface area (Å²) in [5.41, 5.74) is 0. The molecule has 78 valence electrons. The smallest absolute Gasteiger partial charge is 0.261 e. The van der Waals surface area contributed by atoms with Crippen molar-refractivity contribution < 1.29 is 8.42 Å². The Hall–Kier alpha value is -1.47. The van der Waals surface area contributed by atoms with Crippen LogP contribution in [0.25, 0.3) is 0 Å². The van der Waals surface area contributed by atoms with Crippen LogP contribution >= 0.6 is 11.7 Å². The van der Waals surface area contributed by atoms with Crippen molar-refractivity contribution in [1.82, 2.24) is 8.75 Å². The van der Waals surface area contributed by atoms with Gasteiger partial charge >= 0.3 is 0 Å². The highest BCUT2D eigenvalue weighted by Gasteiger charge is 2.14. The molecule has 0 atom stereocenters. The normalized spacial score (nSPS) is 11.2. The van der Waals surface area contributed by atoms with Gasteiger partial charge in [0, 0.05) is 0 Å². The summed E-state index contributed by atoms with van der Waals surface area (Å²) in [6.07, 6.45) is 1.37. The van der Waals surface area contributed by atoms with Gasteiger partial charge in [-0.25, -0.2) is 8.42 Å². The van der Waals surface area contributed by atoms with E-state index in [1.165, 1.54) is 18.3 Å². The molecule has 0 bridgehead atoms. The minimum Gasteiger partial charge on any atom is -0.261 e. The largest absolute Gasteiger partial charge is 0.263 e. The van der Waals surface area contributed by atoms with E-state index in [9.17, 15) is 8.42 Å². The van der Waals surface area contributed by atoms with Crippen molar-refractivity contribution in [3.05, 3.63) is 36.5 Å². The Morgan fingerprint density at radius 2 is 1.93 bits per heavy atom. The summed E-state index contributed by atoms with van der Waals surface area (Å²) in [6, 6.07) is 8.11. The lowest BCUT2D eigenvalue weighted by Gasteiger charge is -2.03. The molecule has 0 fully saturated rings. The molecular weight excluding hydrogens is 234 g/mol. The zero-order valence-corrected chi connectivity index (χ0v) is 9.12. The van der Waals surface area contributed by atoms with E-state index < -0.39 is 10.0 Å². The lowest BCUT2D eigenvalue weighted by Crippen LogP contribution is -2.12. The Morgan fingerprint density at radius 1 is 1.20 bits per heavy atom. The minimum atomic E-state index is -3.53. The third-order valence-electron chi connectivity index (χ3n) is 1.65. The van der Waals surface area contributed by atoms with Crippen LogP contribution in [0.4, 0.5) is 5.82 Å². The summed E-state index contributed by atoms with van der Waals surface area (Å²) >= 11 is 0.949. The van der Waals surface area contributed by atoms with Crippen LogP contribution in [0.5, 0.6) is 0 Å². The minimum absolute atomic E-state index is 0.206. The third-order valence-corrected chi connectivity index (χ3v) is 3.50.